The molecule has 0 aromatic carbocycles. The minimum atomic E-state index is 0.158. The molecule has 2 heterocycles. The van der Waals surface area contributed by atoms with Crippen molar-refractivity contribution < 1.29 is 4.74 Å². The van der Waals surface area contributed by atoms with Crippen LogP contribution in [0.15, 0.2) is 12.4 Å². The van der Waals surface area contributed by atoms with Crippen LogP contribution in [0.2, 0.25) is 0 Å². The molecule has 2 unspecified atom stereocenters. The summed E-state index contributed by atoms with van der Waals surface area (Å²) in [6.45, 7) is 4.11. The zero-order valence-corrected chi connectivity index (χ0v) is 11.3. The van der Waals surface area contributed by atoms with Crippen molar-refractivity contribution in [2.24, 2.45) is 5.73 Å². The summed E-state index contributed by atoms with van der Waals surface area (Å²) in [6, 6.07) is 0.158. The maximum absolute atomic E-state index is 6.23. The third kappa shape index (κ3) is 3.82. The van der Waals surface area contributed by atoms with E-state index < -0.39 is 0 Å². The fraction of sp³-hybridized carbons (Fsp3) is 0.786. The fourth-order valence-corrected chi connectivity index (χ4v) is 2.62. The average Bonchev–Trinajstić information content (AvgIpc) is 2.78. The van der Waals surface area contributed by atoms with E-state index in [2.05, 4.69) is 16.5 Å². The van der Waals surface area contributed by atoms with Crippen LogP contribution in [0.3, 0.4) is 0 Å². The number of hydrogen-bond donors (Lipinski definition) is 1. The minimum absolute atomic E-state index is 0.158. The lowest BCUT2D eigenvalue weighted by Gasteiger charge is -2.25. The van der Waals surface area contributed by atoms with Gasteiger partial charge in [-0.2, -0.15) is 0 Å². The van der Waals surface area contributed by atoms with Crippen LogP contribution in [0.1, 0.15) is 44.9 Å². The van der Waals surface area contributed by atoms with Crippen molar-refractivity contribution in [1.29, 1.82) is 0 Å². The molecule has 18 heavy (non-hydrogen) atoms. The number of rotatable bonds is 6. The first-order valence-corrected chi connectivity index (χ1v) is 7.16. The summed E-state index contributed by atoms with van der Waals surface area (Å²) < 4.78 is 7.95. The zero-order valence-electron chi connectivity index (χ0n) is 11.3. The van der Waals surface area contributed by atoms with E-state index in [1.165, 1.54) is 12.8 Å². The Balaban J connectivity index is 1.82. The van der Waals surface area contributed by atoms with Crippen molar-refractivity contribution in [3.05, 3.63) is 18.2 Å². The highest BCUT2D eigenvalue weighted by Gasteiger charge is 2.18. The summed E-state index contributed by atoms with van der Waals surface area (Å²) in [6.07, 6.45) is 10.9. The highest BCUT2D eigenvalue weighted by Crippen LogP contribution is 2.17. The second-order valence-corrected chi connectivity index (χ2v) is 5.23. The van der Waals surface area contributed by atoms with E-state index in [0.29, 0.717) is 6.10 Å². The molecule has 4 nitrogen and oxygen atoms in total. The van der Waals surface area contributed by atoms with Gasteiger partial charge in [0.1, 0.15) is 5.82 Å². The highest BCUT2D eigenvalue weighted by atomic mass is 16.5. The Labute approximate surface area is 110 Å². The highest BCUT2D eigenvalue weighted by molar-refractivity contribution is 4.95. The number of aryl methyl sites for hydroxylation is 1. The van der Waals surface area contributed by atoms with E-state index in [1.807, 2.05) is 12.4 Å². The van der Waals surface area contributed by atoms with E-state index in [-0.39, 0.29) is 6.04 Å². The molecule has 4 heteroatoms. The predicted molar refractivity (Wildman–Crippen MR) is 72.4 cm³/mol. The first-order valence-electron chi connectivity index (χ1n) is 7.16. The van der Waals surface area contributed by atoms with Gasteiger partial charge in [-0.25, -0.2) is 4.98 Å². The van der Waals surface area contributed by atoms with Gasteiger partial charge in [-0.1, -0.05) is 6.92 Å². The fourth-order valence-electron chi connectivity index (χ4n) is 2.62. The lowest BCUT2D eigenvalue weighted by atomic mass is 10.0. The van der Waals surface area contributed by atoms with Gasteiger partial charge in [0.05, 0.1) is 6.10 Å². The molecular weight excluding hydrogens is 226 g/mol. The van der Waals surface area contributed by atoms with E-state index in [1.54, 1.807) is 0 Å². The van der Waals surface area contributed by atoms with Crippen LogP contribution in [0.25, 0.3) is 0 Å². The summed E-state index contributed by atoms with van der Waals surface area (Å²) in [4.78, 5) is 4.41. The molecule has 0 bridgehead atoms. The molecule has 2 N–H and O–H groups in total. The van der Waals surface area contributed by atoms with Crippen molar-refractivity contribution in [3.63, 3.8) is 0 Å². The first-order chi connectivity index (χ1) is 8.79. The first kappa shape index (κ1) is 13.6. The summed E-state index contributed by atoms with van der Waals surface area (Å²) in [5.74, 6) is 1.11. The monoisotopic (exact) mass is 251 g/mol. The van der Waals surface area contributed by atoms with Crippen molar-refractivity contribution in [1.82, 2.24) is 9.55 Å². The molecule has 1 aromatic heterocycles. The number of ether oxygens (including phenoxy) is 1. The molecule has 1 saturated heterocycles. The maximum Gasteiger partial charge on any atom is 0.110 e. The van der Waals surface area contributed by atoms with Gasteiger partial charge < -0.3 is 15.0 Å². The number of nitrogens with two attached hydrogens (primary N) is 1. The molecule has 1 aliphatic rings. The molecule has 0 saturated carbocycles. The molecule has 0 aliphatic carbocycles. The van der Waals surface area contributed by atoms with E-state index in [4.69, 9.17) is 10.5 Å². The van der Waals surface area contributed by atoms with Crippen LogP contribution in [0.5, 0.6) is 0 Å². The number of nitrogens with zero attached hydrogens (tertiary/aromatic N) is 2. The second kappa shape index (κ2) is 6.90. The number of hydrogen-bond acceptors (Lipinski definition) is 3. The Kier molecular flexibility index (Phi) is 5.20. The molecular formula is C14H25N3O. The van der Waals surface area contributed by atoms with Gasteiger partial charge in [-0.15, -0.1) is 0 Å². The van der Waals surface area contributed by atoms with Crippen molar-refractivity contribution in [3.8, 4) is 0 Å². The molecule has 2 atom stereocenters. The largest absolute Gasteiger partial charge is 0.378 e. The normalized spacial score (nSPS) is 22.0. The molecule has 0 amide bonds. The van der Waals surface area contributed by atoms with Crippen LogP contribution < -0.4 is 5.73 Å². The van der Waals surface area contributed by atoms with E-state index >= 15 is 0 Å². The summed E-state index contributed by atoms with van der Waals surface area (Å²) >= 11 is 0. The molecule has 1 fully saturated rings. The molecule has 0 radical (unpaired) electrons. The quantitative estimate of drug-likeness (QED) is 0.842. The SMILES string of the molecule is CCCn1ccnc1CC(N)CC1CCCCO1. The third-order valence-electron chi connectivity index (χ3n) is 3.55. The van der Waals surface area contributed by atoms with Crippen molar-refractivity contribution >= 4 is 0 Å². The maximum atomic E-state index is 6.23. The van der Waals surface area contributed by atoms with Crippen LogP contribution >= 0.6 is 0 Å². The second-order valence-electron chi connectivity index (χ2n) is 5.23. The predicted octanol–water partition coefficient (Wildman–Crippen LogP) is 2.12. The lowest BCUT2D eigenvalue weighted by Crippen LogP contribution is -2.32. The average molecular weight is 251 g/mol. The van der Waals surface area contributed by atoms with Crippen molar-refractivity contribution in [2.45, 2.75) is 64.1 Å². The Morgan fingerprint density at radius 3 is 3.17 bits per heavy atom. The van der Waals surface area contributed by atoms with Crippen LogP contribution in [-0.2, 0) is 17.7 Å². The topological polar surface area (TPSA) is 53.1 Å². The zero-order chi connectivity index (χ0) is 12.8. The van der Waals surface area contributed by atoms with Gasteiger partial charge in [-0.3, -0.25) is 0 Å². The van der Waals surface area contributed by atoms with E-state index in [0.717, 1.165) is 44.7 Å². The van der Waals surface area contributed by atoms with Gasteiger partial charge in [0, 0.05) is 38.0 Å². The Morgan fingerprint density at radius 1 is 1.56 bits per heavy atom. The molecule has 1 aliphatic heterocycles. The lowest BCUT2D eigenvalue weighted by molar-refractivity contribution is 0.00734. The van der Waals surface area contributed by atoms with Crippen LogP contribution in [0, 0.1) is 0 Å². The van der Waals surface area contributed by atoms with Gasteiger partial charge >= 0.3 is 0 Å². The molecule has 0 spiro atoms. The summed E-state index contributed by atoms with van der Waals surface area (Å²) in [5, 5.41) is 0. The Morgan fingerprint density at radius 2 is 2.44 bits per heavy atom. The van der Waals surface area contributed by atoms with Crippen LogP contribution in [-0.4, -0.2) is 28.3 Å². The van der Waals surface area contributed by atoms with Gasteiger partial charge in [-0.05, 0) is 32.1 Å². The van der Waals surface area contributed by atoms with Crippen molar-refractivity contribution in [2.75, 3.05) is 6.61 Å². The van der Waals surface area contributed by atoms with E-state index in [9.17, 15) is 0 Å². The summed E-state index contributed by atoms with van der Waals surface area (Å²) in [5.41, 5.74) is 6.23. The molecule has 1 aromatic rings. The minimum Gasteiger partial charge on any atom is -0.378 e. The Hall–Kier alpha value is -0.870. The van der Waals surface area contributed by atoms with Crippen LogP contribution in [0.4, 0.5) is 0 Å². The van der Waals surface area contributed by atoms with Gasteiger partial charge in [0.15, 0.2) is 0 Å². The molecule has 2 rings (SSSR count). The smallest absolute Gasteiger partial charge is 0.110 e. The Bertz CT molecular complexity index is 345. The number of imidazole rings is 1. The number of aromatic nitrogens is 2. The standard InChI is InChI=1S/C14H25N3O/c1-2-7-17-8-6-16-14(17)11-12(15)10-13-5-3-4-9-18-13/h6,8,12-13H,2-5,7,9-11,15H2,1H3. The summed E-state index contributed by atoms with van der Waals surface area (Å²) in [7, 11) is 0. The molecule has 102 valence electrons. The van der Waals surface area contributed by atoms with Gasteiger partial charge in [0.25, 0.3) is 0 Å². The third-order valence-corrected chi connectivity index (χ3v) is 3.55. The van der Waals surface area contributed by atoms with Gasteiger partial charge in [0.2, 0.25) is 0 Å².